The fourth-order valence-corrected chi connectivity index (χ4v) is 8.02. The summed E-state index contributed by atoms with van der Waals surface area (Å²) in [6.07, 6.45) is 31.3. The molecular formula is C44H60S. The van der Waals surface area contributed by atoms with Crippen molar-refractivity contribution < 1.29 is 0 Å². The van der Waals surface area contributed by atoms with E-state index in [-0.39, 0.29) is 0 Å². The third-order valence-corrected chi connectivity index (χ3v) is 11.6. The van der Waals surface area contributed by atoms with Crippen molar-refractivity contribution in [2.75, 3.05) is 0 Å². The number of benzene rings is 2. The highest BCUT2D eigenvalue weighted by Crippen LogP contribution is 2.41. The number of unbranched alkanes of at least 4 members (excludes halogenated alkanes) is 1. The van der Waals surface area contributed by atoms with E-state index < -0.39 is 0 Å². The van der Waals surface area contributed by atoms with Gasteiger partial charge in [0.15, 0.2) is 0 Å². The minimum atomic E-state index is 0.441. The summed E-state index contributed by atoms with van der Waals surface area (Å²) in [6.45, 7) is 13.9. The van der Waals surface area contributed by atoms with E-state index in [0.717, 1.165) is 24.7 Å². The van der Waals surface area contributed by atoms with Crippen LogP contribution in [0.5, 0.6) is 0 Å². The summed E-state index contributed by atoms with van der Waals surface area (Å²) >= 11 is 1.95. The molecule has 0 saturated heterocycles. The maximum absolute atomic E-state index is 2.54. The lowest BCUT2D eigenvalue weighted by Crippen LogP contribution is -2.04. The standard InChI is InChI=1S/C44H60S/c1-7-11-14-36(10-4)20-21-37-15-12-16-39(28-23-37)41-26-17-33(5)43(31-41)45-44-32-42(27-18-34(44)6)40-29-24-38(25-30-40)22-19-35(9-3)13-8-2/h12,16-18,23-25,27-32,35-36,41H,7-11,13-15,19-22,26H2,1-6H3. The summed E-state index contributed by atoms with van der Waals surface area (Å²) < 4.78 is 0. The van der Waals surface area contributed by atoms with Gasteiger partial charge in [-0.3, -0.25) is 0 Å². The molecule has 0 nitrogen and oxygen atoms in total. The van der Waals surface area contributed by atoms with Gasteiger partial charge in [-0.15, -0.1) is 0 Å². The van der Waals surface area contributed by atoms with Crippen LogP contribution in [-0.2, 0) is 6.42 Å². The van der Waals surface area contributed by atoms with Crippen molar-refractivity contribution in [3.05, 3.63) is 112 Å². The van der Waals surface area contributed by atoms with Gasteiger partial charge in [0.05, 0.1) is 0 Å². The number of hydrogen-bond acceptors (Lipinski definition) is 1. The molecule has 0 fully saturated rings. The second kappa shape index (κ2) is 18.6. The van der Waals surface area contributed by atoms with E-state index in [2.05, 4.69) is 120 Å². The molecule has 242 valence electrons. The summed E-state index contributed by atoms with van der Waals surface area (Å²) in [7, 11) is 0. The molecule has 0 amide bonds. The Morgan fingerprint density at radius 3 is 2.24 bits per heavy atom. The zero-order valence-corrected chi connectivity index (χ0v) is 30.2. The largest absolute Gasteiger partial charge is 0.0898 e. The minimum absolute atomic E-state index is 0.441. The molecule has 0 aliphatic heterocycles. The lowest BCUT2D eigenvalue weighted by atomic mass is 9.89. The lowest BCUT2D eigenvalue weighted by Gasteiger charge is -2.21. The number of allylic oxidation sites excluding steroid dienone is 9. The number of thioether (sulfide) groups is 1. The van der Waals surface area contributed by atoms with E-state index in [9.17, 15) is 0 Å². The van der Waals surface area contributed by atoms with Crippen LogP contribution in [0, 0.1) is 24.7 Å². The predicted octanol–water partition coefficient (Wildman–Crippen LogP) is 14.2. The van der Waals surface area contributed by atoms with E-state index in [1.54, 1.807) is 5.57 Å². The Hall–Kier alpha value is -2.51. The van der Waals surface area contributed by atoms with Crippen LogP contribution >= 0.6 is 11.8 Å². The van der Waals surface area contributed by atoms with Gasteiger partial charge in [-0.1, -0.05) is 163 Å². The van der Waals surface area contributed by atoms with Crippen LogP contribution in [0.4, 0.5) is 0 Å². The first-order chi connectivity index (χ1) is 21.9. The lowest BCUT2D eigenvalue weighted by molar-refractivity contribution is 0.420. The average Bonchev–Trinajstić information content (AvgIpc) is 3.31. The Kier molecular flexibility index (Phi) is 14.6. The van der Waals surface area contributed by atoms with Crippen LogP contribution in [-0.4, -0.2) is 0 Å². The van der Waals surface area contributed by atoms with Crippen molar-refractivity contribution >= 4 is 11.8 Å². The van der Waals surface area contributed by atoms with Crippen molar-refractivity contribution in [3.8, 4) is 11.1 Å². The van der Waals surface area contributed by atoms with E-state index in [1.807, 2.05) is 11.8 Å². The maximum Gasteiger partial charge on any atom is 0.0157 e. The molecule has 0 N–H and O–H groups in total. The van der Waals surface area contributed by atoms with Crippen molar-refractivity contribution in [3.63, 3.8) is 0 Å². The molecule has 1 heteroatoms. The van der Waals surface area contributed by atoms with Crippen LogP contribution in [0.3, 0.4) is 0 Å². The fraction of sp³-hybridized carbons (Fsp3) is 0.500. The summed E-state index contributed by atoms with van der Waals surface area (Å²) in [5, 5.41) is 0. The van der Waals surface area contributed by atoms with Crippen molar-refractivity contribution in [2.45, 2.75) is 130 Å². The molecule has 0 bridgehead atoms. The maximum atomic E-state index is 2.54. The Morgan fingerprint density at radius 1 is 0.778 bits per heavy atom. The summed E-state index contributed by atoms with van der Waals surface area (Å²) in [5.74, 6) is 2.18. The summed E-state index contributed by atoms with van der Waals surface area (Å²) in [4.78, 5) is 2.77. The van der Waals surface area contributed by atoms with Crippen LogP contribution in [0.1, 0.15) is 123 Å². The van der Waals surface area contributed by atoms with Crippen LogP contribution < -0.4 is 0 Å². The van der Waals surface area contributed by atoms with Crippen LogP contribution in [0.15, 0.2) is 105 Å². The molecule has 0 radical (unpaired) electrons. The zero-order chi connectivity index (χ0) is 32.0. The summed E-state index contributed by atoms with van der Waals surface area (Å²) in [6, 6.07) is 16.4. The molecule has 0 heterocycles. The number of aryl methyl sites for hydroxylation is 2. The van der Waals surface area contributed by atoms with Crippen LogP contribution in [0.25, 0.3) is 11.1 Å². The predicted molar refractivity (Wildman–Crippen MR) is 202 cm³/mol. The molecule has 3 unspecified atom stereocenters. The van der Waals surface area contributed by atoms with Gasteiger partial charge in [0.2, 0.25) is 0 Å². The van der Waals surface area contributed by atoms with Gasteiger partial charge in [-0.05, 0) is 104 Å². The van der Waals surface area contributed by atoms with Gasteiger partial charge in [0, 0.05) is 15.7 Å². The first kappa shape index (κ1) is 35.3. The Morgan fingerprint density at radius 2 is 1.51 bits per heavy atom. The van der Waals surface area contributed by atoms with Crippen molar-refractivity contribution in [1.82, 2.24) is 0 Å². The number of hydrogen-bond donors (Lipinski definition) is 0. The number of rotatable bonds is 17. The normalized spacial score (nSPS) is 18.0. The SMILES string of the molecule is CCCCC(CC)CCC1=CC=C(C2C=C(Sc3cc(-c4ccc(CCC(CC)CCC)cc4)ccc3C)C(C)=CC2)C=CC1. The molecular weight excluding hydrogens is 561 g/mol. The van der Waals surface area contributed by atoms with Gasteiger partial charge in [0.25, 0.3) is 0 Å². The minimum Gasteiger partial charge on any atom is -0.0898 e. The Bertz CT molecular complexity index is 1360. The molecule has 2 aromatic rings. The third kappa shape index (κ3) is 10.8. The Labute approximate surface area is 281 Å². The molecule has 2 aliphatic carbocycles. The molecule has 4 rings (SSSR count). The topological polar surface area (TPSA) is 0 Å². The van der Waals surface area contributed by atoms with Gasteiger partial charge in [0.1, 0.15) is 0 Å². The van der Waals surface area contributed by atoms with E-state index >= 15 is 0 Å². The molecule has 2 aliphatic rings. The van der Waals surface area contributed by atoms with Crippen LogP contribution in [0.2, 0.25) is 0 Å². The van der Waals surface area contributed by atoms with Gasteiger partial charge < -0.3 is 0 Å². The first-order valence-electron chi connectivity index (χ1n) is 18.3. The van der Waals surface area contributed by atoms with Gasteiger partial charge in [-0.2, -0.15) is 0 Å². The smallest absolute Gasteiger partial charge is 0.0157 e. The first-order valence-corrected chi connectivity index (χ1v) is 19.1. The molecule has 45 heavy (non-hydrogen) atoms. The van der Waals surface area contributed by atoms with Gasteiger partial charge in [-0.25, -0.2) is 0 Å². The third-order valence-electron chi connectivity index (χ3n) is 10.3. The molecule has 2 aromatic carbocycles. The van der Waals surface area contributed by atoms with E-state index in [0.29, 0.717) is 5.92 Å². The highest BCUT2D eigenvalue weighted by Gasteiger charge is 2.18. The highest BCUT2D eigenvalue weighted by molar-refractivity contribution is 8.03. The second-order valence-electron chi connectivity index (χ2n) is 13.7. The quantitative estimate of drug-likeness (QED) is 0.169. The second-order valence-corrected chi connectivity index (χ2v) is 14.8. The monoisotopic (exact) mass is 620 g/mol. The van der Waals surface area contributed by atoms with E-state index in [1.165, 1.54) is 114 Å². The Balaban J connectivity index is 1.43. The zero-order valence-electron chi connectivity index (χ0n) is 29.3. The fourth-order valence-electron chi connectivity index (χ4n) is 6.89. The summed E-state index contributed by atoms with van der Waals surface area (Å²) in [5.41, 5.74) is 9.91. The molecule has 0 spiro atoms. The average molecular weight is 621 g/mol. The van der Waals surface area contributed by atoms with E-state index in [4.69, 9.17) is 0 Å². The van der Waals surface area contributed by atoms with Crippen molar-refractivity contribution in [1.29, 1.82) is 0 Å². The van der Waals surface area contributed by atoms with Crippen molar-refractivity contribution in [2.24, 2.45) is 17.8 Å². The molecule has 0 saturated carbocycles. The van der Waals surface area contributed by atoms with Gasteiger partial charge >= 0.3 is 0 Å². The molecule has 3 atom stereocenters. The highest BCUT2D eigenvalue weighted by atomic mass is 32.2. The molecule has 0 aromatic heterocycles.